The van der Waals surface area contributed by atoms with Gasteiger partial charge in [-0.3, -0.25) is 4.98 Å². The van der Waals surface area contributed by atoms with Gasteiger partial charge < -0.3 is 10.8 Å². The van der Waals surface area contributed by atoms with E-state index in [0.29, 0.717) is 0 Å². The molecule has 1 aromatic heterocycles. The highest BCUT2D eigenvalue weighted by Crippen LogP contribution is 2.22. The molecule has 0 amide bonds. The molecule has 0 fully saturated rings. The molecule has 0 bridgehead atoms. The lowest BCUT2D eigenvalue weighted by Gasteiger charge is -2.16. The van der Waals surface area contributed by atoms with Crippen molar-refractivity contribution in [2.24, 2.45) is 5.73 Å². The van der Waals surface area contributed by atoms with Gasteiger partial charge in [-0.1, -0.05) is 24.3 Å². The maximum Gasteiger partial charge on any atom is 0.0750 e. The molecular weight excluding hydrogens is 188 g/mol. The summed E-state index contributed by atoms with van der Waals surface area (Å²) in [5, 5.41) is 10.5. The number of rotatable bonds is 2. The Bertz CT molecular complexity index is 463. The van der Waals surface area contributed by atoms with Gasteiger partial charge in [-0.2, -0.15) is 0 Å². The topological polar surface area (TPSA) is 59.1 Å². The number of aliphatic hydroxyl groups excluding tert-OH is 1. The van der Waals surface area contributed by atoms with Gasteiger partial charge in [0.1, 0.15) is 0 Å². The fourth-order valence-corrected chi connectivity index (χ4v) is 1.66. The first-order chi connectivity index (χ1) is 7.20. The number of aromatic nitrogens is 1. The summed E-state index contributed by atoms with van der Waals surface area (Å²) in [5.74, 6) is 0. The van der Waals surface area contributed by atoms with Crippen LogP contribution in [0.4, 0.5) is 0 Å². The largest absolute Gasteiger partial charge is 0.391 e. The molecule has 3 heteroatoms. The number of hydrogen-bond donors (Lipinski definition) is 2. The molecule has 2 aromatic rings. The fourth-order valence-electron chi connectivity index (χ4n) is 1.66. The molecule has 2 atom stereocenters. The number of aliphatic hydroxyl groups is 1. The zero-order valence-electron chi connectivity index (χ0n) is 8.59. The van der Waals surface area contributed by atoms with E-state index in [9.17, 15) is 5.11 Å². The van der Waals surface area contributed by atoms with Crippen LogP contribution in [0, 0.1) is 0 Å². The van der Waals surface area contributed by atoms with E-state index in [-0.39, 0.29) is 6.04 Å². The zero-order valence-corrected chi connectivity index (χ0v) is 8.59. The number of hydrogen-bond acceptors (Lipinski definition) is 3. The second-order valence-electron chi connectivity index (χ2n) is 3.69. The first kappa shape index (κ1) is 10.1. The zero-order chi connectivity index (χ0) is 10.8. The minimum atomic E-state index is -0.572. The van der Waals surface area contributed by atoms with Gasteiger partial charge in [0.25, 0.3) is 0 Å². The van der Waals surface area contributed by atoms with Crippen LogP contribution < -0.4 is 5.73 Å². The Morgan fingerprint density at radius 2 is 2.00 bits per heavy atom. The monoisotopic (exact) mass is 202 g/mol. The molecule has 1 heterocycles. The van der Waals surface area contributed by atoms with Gasteiger partial charge in [0.05, 0.1) is 17.7 Å². The number of benzene rings is 1. The van der Waals surface area contributed by atoms with Crippen molar-refractivity contribution in [2.75, 3.05) is 0 Å². The molecule has 0 aliphatic rings. The highest BCUT2D eigenvalue weighted by molar-refractivity contribution is 5.82. The van der Waals surface area contributed by atoms with Crippen molar-refractivity contribution in [3.05, 3.63) is 42.1 Å². The van der Waals surface area contributed by atoms with E-state index >= 15 is 0 Å². The van der Waals surface area contributed by atoms with Crippen LogP contribution in [-0.4, -0.2) is 16.2 Å². The lowest BCUT2D eigenvalue weighted by molar-refractivity contribution is 0.165. The highest BCUT2D eigenvalue weighted by Gasteiger charge is 2.14. The van der Waals surface area contributed by atoms with Gasteiger partial charge in [0.2, 0.25) is 0 Å². The van der Waals surface area contributed by atoms with Crippen LogP contribution in [0.3, 0.4) is 0 Å². The van der Waals surface area contributed by atoms with Crippen LogP contribution in [0.25, 0.3) is 10.9 Å². The Balaban J connectivity index is 2.60. The first-order valence-corrected chi connectivity index (χ1v) is 4.97. The summed E-state index contributed by atoms with van der Waals surface area (Å²) >= 11 is 0. The van der Waals surface area contributed by atoms with Crippen molar-refractivity contribution in [3.8, 4) is 0 Å². The predicted molar refractivity (Wildman–Crippen MR) is 60.4 cm³/mol. The van der Waals surface area contributed by atoms with Gasteiger partial charge in [-0.25, -0.2) is 0 Å². The number of nitrogens with two attached hydrogens (primary N) is 1. The van der Waals surface area contributed by atoms with Crippen molar-refractivity contribution in [1.82, 2.24) is 4.98 Å². The van der Waals surface area contributed by atoms with Gasteiger partial charge in [0, 0.05) is 11.6 Å². The molecule has 0 aliphatic heterocycles. The normalized spacial score (nSPS) is 15.1. The van der Waals surface area contributed by atoms with Gasteiger partial charge in [0.15, 0.2) is 0 Å². The van der Waals surface area contributed by atoms with Crippen molar-refractivity contribution >= 4 is 10.9 Å². The molecule has 15 heavy (non-hydrogen) atoms. The van der Waals surface area contributed by atoms with E-state index in [4.69, 9.17) is 5.73 Å². The molecule has 78 valence electrons. The summed E-state index contributed by atoms with van der Waals surface area (Å²) in [4.78, 5) is 4.29. The third-order valence-electron chi connectivity index (χ3n) is 2.54. The Morgan fingerprint density at radius 3 is 2.73 bits per heavy atom. The Hall–Kier alpha value is -1.45. The molecule has 3 nitrogen and oxygen atoms in total. The molecule has 0 spiro atoms. The van der Waals surface area contributed by atoms with E-state index in [2.05, 4.69) is 4.98 Å². The van der Waals surface area contributed by atoms with E-state index in [0.717, 1.165) is 16.5 Å². The summed E-state index contributed by atoms with van der Waals surface area (Å²) < 4.78 is 0. The van der Waals surface area contributed by atoms with Crippen LogP contribution in [-0.2, 0) is 0 Å². The molecule has 0 aliphatic carbocycles. The van der Waals surface area contributed by atoms with Crippen LogP contribution in [0.15, 0.2) is 36.5 Å². The molecule has 0 radical (unpaired) electrons. The average Bonchev–Trinajstić information content (AvgIpc) is 2.27. The lowest BCUT2D eigenvalue weighted by atomic mass is 10.00. The van der Waals surface area contributed by atoms with E-state index in [1.165, 1.54) is 0 Å². The molecule has 0 unspecified atom stereocenters. The smallest absolute Gasteiger partial charge is 0.0750 e. The first-order valence-electron chi connectivity index (χ1n) is 4.97. The second-order valence-corrected chi connectivity index (χ2v) is 3.69. The maximum absolute atomic E-state index is 9.48. The maximum atomic E-state index is 9.48. The number of nitrogens with zero attached hydrogens (tertiary/aromatic N) is 1. The van der Waals surface area contributed by atoms with Crippen molar-refractivity contribution in [1.29, 1.82) is 0 Å². The van der Waals surface area contributed by atoms with E-state index < -0.39 is 6.10 Å². The third-order valence-corrected chi connectivity index (χ3v) is 2.54. The number of fused-ring (bicyclic) bond motifs is 1. The molecule has 0 saturated carbocycles. The van der Waals surface area contributed by atoms with Crippen molar-refractivity contribution in [3.63, 3.8) is 0 Å². The summed E-state index contributed by atoms with van der Waals surface area (Å²) in [6.45, 7) is 1.69. The van der Waals surface area contributed by atoms with Crippen molar-refractivity contribution in [2.45, 2.75) is 19.1 Å². The number of para-hydroxylation sites is 1. The Kier molecular flexibility index (Phi) is 2.66. The minimum Gasteiger partial charge on any atom is -0.391 e. The van der Waals surface area contributed by atoms with Gasteiger partial charge in [-0.05, 0) is 18.6 Å². The quantitative estimate of drug-likeness (QED) is 0.778. The highest BCUT2D eigenvalue weighted by atomic mass is 16.3. The standard InChI is InChI=1S/C12H14N2O/c1-8(15)11(13)10-6-2-4-9-5-3-7-14-12(9)10/h2-8,11,15H,13H2,1H3/t8-,11-/m1/s1. The molecular formula is C12H14N2O. The molecule has 1 aromatic carbocycles. The Labute approximate surface area is 88.6 Å². The summed E-state index contributed by atoms with van der Waals surface area (Å²) in [6.07, 6.45) is 1.17. The fraction of sp³-hybridized carbons (Fsp3) is 0.250. The summed E-state index contributed by atoms with van der Waals surface area (Å²) in [5.41, 5.74) is 7.67. The van der Waals surface area contributed by atoms with Crippen LogP contribution in [0.1, 0.15) is 18.5 Å². The minimum absolute atomic E-state index is 0.386. The number of pyridine rings is 1. The van der Waals surface area contributed by atoms with Crippen molar-refractivity contribution < 1.29 is 5.11 Å². The van der Waals surface area contributed by atoms with Crippen LogP contribution >= 0.6 is 0 Å². The van der Waals surface area contributed by atoms with Gasteiger partial charge >= 0.3 is 0 Å². The summed E-state index contributed by atoms with van der Waals surface area (Å²) in [7, 11) is 0. The SMILES string of the molecule is C[C@@H](O)[C@@H](N)c1cccc2cccnc12. The molecule has 2 rings (SSSR count). The molecule has 0 saturated heterocycles. The van der Waals surface area contributed by atoms with Crippen LogP contribution in [0.5, 0.6) is 0 Å². The molecule has 3 N–H and O–H groups in total. The van der Waals surface area contributed by atoms with Gasteiger partial charge in [-0.15, -0.1) is 0 Å². The third kappa shape index (κ3) is 1.84. The predicted octanol–water partition coefficient (Wildman–Crippen LogP) is 1.62. The average molecular weight is 202 g/mol. The van der Waals surface area contributed by atoms with Crippen LogP contribution in [0.2, 0.25) is 0 Å². The van der Waals surface area contributed by atoms with E-state index in [1.807, 2.05) is 30.3 Å². The second kappa shape index (κ2) is 3.96. The van der Waals surface area contributed by atoms with E-state index in [1.54, 1.807) is 13.1 Å². The lowest BCUT2D eigenvalue weighted by Crippen LogP contribution is -2.23. The summed E-state index contributed by atoms with van der Waals surface area (Å²) in [6, 6.07) is 9.32. The Morgan fingerprint density at radius 1 is 1.27 bits per heavy atom.